The third-order valence-corrected chi connectivity index (χ3v) is 3.97. The SMILES string of the molecule is COC(=O)c1c(N)n(-c2ccc(F)cc2)c2nc3ccccc3nc12. The number of esters is 1. The number of aromatic nitrogens is 3. The van der Waals surface area contributed by atoms with E-state index < -0.39 is 5.97 Å². The second-order valence-electron chi connectivity index (χ2n) is 5.45. The number of para-hydroxylation sites is 2. The van der Waals surface area contributed by atoms with E-state index >= 15 is 0 Å². The van der Waals surface area contributed by atoms with Crippen molar-refractivity contribution in [1.82, 2.24) is 14.5 Å². The van der Waals surface area contributed by atoms with Crippen molar-refractivity contribution in [2.24, 2.45) is 0 Å². The first kappa shape index (κ1) is 15.1. The third-order valence-electron chi connectivity index (χ3n) is 3.97. The first-order valence-electron chi connectivity index (χ1n) is 7.51. The summed E-state index contributed by atoms with van der Waals surface area (Å²) in [4.78, 5) is 21.4. The van der Waals surface area contributed by atoms with E-state index in [-0.39, 0.29) is 17.2 Å². The van der Waals surface area contributed by atoms with Crippen LogP contribution in [0.1, 0.15) is 10.4 Å². The molecule has 2 aromatic heterocycles. The van der Waals surface area contributed by atoms with Crippen molar-refractivity contribution in [3.63, 3.8) is 0 Å². The molecule has 6 nitrogen and oxygen atoms in total. The van der Waals surface area contributed by atoms with Gasteiger partial charge in [0.05, 0.1) is 18.1 Å². The third kappa shape index (κ3) is 2.28. The molecule has 0 aliphatic heterocycles. The van der Waals surface area contributed by atoms with Crippen molar-refractivity contribution in [3.05, 3.63) is 59.9 Å². The predicted molar refractivity (Wildman–Crippen MR) is 92.1 cm³/mol. The lowest BCUT2D eigenvalue weighted by Crippen LogP contribution is -2.07. The summed E-state index contributed by atoms with van der Waals surface area (Å²) in [5, 5.41) is 0. The molecule has 0 radical (unpaired) electrons. The number of nitrogens with two attached hydrogens (primary N) is 1. The van der Waals surface area contributed by atoms with Crippen LogP contribution in [0.4, 0.5) is 10.2 Å². The summed E-state index contributed by atoms with van der Waals surface area (Å²) in [5.74, 6) is -0.833. The number of methoxy groups -OCH3 is 1. The Kier molecular flexibility index (Phi) is 3.35. The fourth-order valence-corrected chi connectivity index (χ4v) is 2.82. The maximum absolute atomic E-state index is 13.3. The van der Waals surface area contributed by atoms with E-state index in [1.807, 2.05) is 18.2 Å². The number of rotatable bonds is 2. The molecule has 124 valence electrons. The Morgan fingerprint density at radius 3 is 2.36 bits per heavy atom. The van der Waals surface area contributed by atoms with E-state index in [1.165, 1.54) is 19.2 Å². The maximum atomic E-state index is 13.3. The zero-order valence-electron chi connectivity index (χ0n) is 13.2. The van der Waals surface area contributed by atoms with E-state index in [4.69, 9.17) is 10.5 Å². The molecule has 0 atom stereocenters. The fourth-order valence-electron chi connectivity index (χ4n) is 2.82. The van der Waals surface area contributed by atoms with Gasteiger partial charge >= 0.3 is 5.97 Å². The number of ether oxygens (including phenoxy) is 1. The number of fused-ring (bicyclic) bond motifs is 2. The van der Waals surface area contributed by atoms with Crippen LogP contribution >= 0.6 is 0 Å². The number of carbonyl (C=O) groups excluding carboxylic acids is 1. The number of nitrogen functional groups attached to an aromatic ring is 1. The zero-order chi connectivity index (χ0) is 17.6. The van der Waals surface area contributed by atoms with E-state index in [2.05, 4.69) is 9.97 Å². The van der Waals surface area contributed by atoms with Crippen LogP contribution in [0.3, 0.4) is 0 Å². The predicted octanol–water partition coefficient (Wildman–Crippen LogP) is 3.08. The van der Waals surface area contributed by atoms with Crippen LogP contribution in [0.2, 0.25) is 0 Å². The van der Waals surface area contributed by atoms with E-state index in [0.717, 1.165) is 0 Å². The normalized spacial score (nSPS) is 11.1. The Hall–Kier alpha value is -3.48. The van der Waals surface area contributed by atoms with Crippen LogP contribution in [-0.4, -0.2) is 27.6 Å². The number of nitrogens with zero attached hydrogens (tertiary/aromatic N) is 3. The van der Waals surface area contributed by atoms with Crippen molar-refractivity contribution < 1.29 is 13.9 Å². The van der Waals surface area contributed by atoms with Crippen molar-refractivity contribution in [3.8, 4) is 5.69 Å². The molecule has 0 saturated carbocycles. The first-order chi connectivity index (χ1) is 12.1. The van der Waals surface area contributed by atoms with Crippen LogP contribution in [0.25, 0.3) is 27.9 Å². The number of hydrogen-bond acceptors (Lipinski definition) is 5. The smallest absolute Gasteiger partial charge is 0.343 e. The van der Waals surface area contributed by atoms with Gasteiger partial charge in [-0.05, 0) is 36.4 Å². The number of halogens is 1. The highest BCUT2D eigenvalue weighted by molar-refractivity contribution is 6.08. The lowest BCUT2D eigenvalue weighted by molar-refractivity contribution is 0.0604. The average molecular weight is 336 g/mol. The summed E-state index contributed by atoms with van der Waals surface area (Å²) in [6.07, 6.45) is 0. The number of carbonyl (C=O) groups is 1. The molecule has 0 unspecified atom stereocenters. The highest BCUT2D eigenvalue weighted by Crippen LogP contribution is 2.31. The summed E-state index contributed by atoms with van der Waals surface area (Å²) < 4.78 is 19.7. The standard InChI is InChI=1S/C18H13FN4O2/c1-25-18(24)14-15-17(22-13-5-3-2-4-12(13)21-15)23(16(14)20)11-8-6-10(19)7-9-11/h2-9H,20H2,1H3. The molecule has 0 aliphatic carbocycles. The molecule has 2 heterocycles. The van der Waals surface area contributed by atoms with Crippen molar-refractivity contribution >= 4 is 34.0 Å². The number of benzene rings is 2. The van der Waals surface area contributed by atoms with E-state index in [9.17, 15) is 9.18 Å². The number of hydrogen-bond donors (Lipinski definition) is 1. The van der Waals surface area contributed by atoms with Gasteiger partial charge in [0.1, 0.15) is 22.7 Å². The molecule has 0 saturated heterocycles. The van der Waals surface area contributed by atoms with Crippen molar-refractivity contribution in [1.29, 1.82) is 0 Å². The largest absolute Gasteiger partial charge is 0.465 e. The summed E-state index contributed by atoms with van der Waals surface area (Å²) in [6, 6.07) is 13.0. The van der Waals surface area contributed by atoms with Gasteiger partial charge in [0.15, 0.2) is 5.65 Å². The second-order valence-corrected chi connectivity index (χ2v) is 5.45. The Morgan fingerprint density at radius 1 is 1.08 bits per heavy atom. The molecule has 0 fully saturated rings. The topological polar surface area (TPSA) is 83.0 Å². The molecule has 0 bridgehead atoms. The number of anilines is 1. The van der Waals surface area contributed by atoms with Crippen molar-refractivity contribution in [2.45, 2.75) is 0 Å². The van der Waals surface area contributed by atoms with Gasteiger partial charge in [0, 0.05) is 5.69 Å². The Morgan fingerprint density at radius 2 is 1.72 bits per heavy atom. The minimum Gasteiger partial charge on any atom is -0.465 e. The monoisotopic (exact) mass is 336 g/mol. The molecule has 2 N–H and O–H groups in total. The molecule has 4 rings (SSSR count). The van der Waals surface area contributed by atoms with Gasteiger partial charge < -0.3 is 10.5 Å². The summed E-state index contributed by atoms with van der Waals surface area (Å²) in [7, 11) is 1.28. The van der Waals surface area contributed by atoms with Crippen LogP contribution in [-0.2, 0) is 4.74 Å². The highest BCUT2D eigenvalue weighted by Gasteiger charge is 2.25. The second kappa shape index (κ2) is 5.55. The average Bonchev–Trinajstić information content (AvgIpc) is 2.91. The van der Waals surface area contributed by atoms with Crippen LogP contribution in [0, 0.1) is 5.82 Å². The van der Waals surface area contributed by atoms with Gasteiger partial charge in [0.2, 0.25) is 0 Å². The molecule has 7 heteroatoms. The molecular formula is C18H13FN4O2. The lowest BCUT2D eigenvalue weighted by Gasteiger charge is -2.07. The van der Waals surface area contributed by atoms with Crippen LogP contribution in [0.15, 0.2) is 48.5 Å². The summed E-state index contributed by atoms with van der Waals surface area (Å²) in [5.41, 5.74) is 8.97. The summed E-state index contributed by atoms with van der Waals surface area (Å²) in [6.45, 7) is 0. The Labute approximate surface area is 141 Å². The first-order valence-corrected chi connectivity index (χ1v) is 7.51. The Balaban J connectivity index is 2.13. The fraction of sp³-hybridized carbons (Fsp3) is 0.0556. The quantitative estimate of drug-likeness (QED) is 0.569. The molecule has 0 aliphatic rings. The minimum absolute atomic E-state index is 0.139. The molecule has 25 heavy (non-hydrogen) atoms. The molecular weight excluding hydrogens is 323 g/mol. The van der Waals surface area contributed by atoms with Crippen LogP contribution in [0.5, 0.6) is 0 Å². The van der Waals surface area contributed by atoms with Gasteiger partial charge in [0.25, 0.3) is 0 Å². The molecule has 0 amide bonds. The van der Waals surface area contributed by atoms with Gasteiger partial charge in [-0.3, -0.25) is 4.57 Å². The Bertz CT molecular complexity index is 1120. The lowest BCUT2D eigenvalue weighted by atomic mass is 10.2. The highest BCUT2D eigenvalue weighted by atomic mass is 19.1. The van der Waals surface area contributed by atoms with Gasteiger partial charge in [-0.1, -0.05) is 12.1 Å². The minimum atomic E-state index is -0.604. The van der Waals surface area contributed by atoms with E-state index in [0.29, 0.717) is 27.9 Å². The maximum Gasteiger partial charge on any atom is 0.343 e. The molecule has 4 aromatic rings. The summed E-state index contributed by atoms with van der Waals surface area (Å²) >= 11 is 0. The molecule has 2 aromatic carbocycles. The van der Waals surface area contributed by atoms with Crippen molar-refractivity contribution in [2.75, 3.05) is 12.8 Å². The molecule has 0 spiro atoms. The van der Waals surface area contributed by atoms with Gasteiger partial charge in [-0.15, -0.1) is 0 Å². The zero-order valence-corrected chi connectivity index (χ0v) is 13.2. The van der Waals surface area contributed by atoms with Gasteiger partial charge in [-0.2, -0.15) is 0 Å². The van der Waals surface area contributed by atoms with Gasteiger partial charge in [-0.25, -0.2) is 19.2 Å². The van der Waals surface area contributed by atoms with E-state index in [1.54, 1.807) is 22.8 Å². The van der Waals surface area contributed by atoms with Crippen LogP contribution < -0.4 is 5.73 Å².